The van der Waals surface area contributed by atoms with Gasteiger partial charge in [0.2, 0.25) is 5.91 Å². The molecule has 0 aliphatic carbocycles. The molecule has 6 heteroatoms. The molecule has 1 fully saturated rings. The van der Waals surface area contributed by atoms with E-state index >= 15 is 0 Å². The van der Waals surface area contributed by atoms with Crippen molar-refractivity contribution >= 4 is 17.5 Å². The number of nitrogens with one attached hydrogen (secondary N) is 2. The third-order valence-corrected chi connectivity index (χ3v) is 5.26. The van der Waals surface area contributed by atoms with E-state index in [-0.39, 0.29) is 17.9 Å². The summed E-state index contributed by atoms with van der Waals surface area (Å²) in [6, 6.07) is 15.1. The molecule has 1 saturated heterocycles. The van der Waals surface area contributed by atoms with Crippen LogP contribution in [-0.2, 0) is 4.79 Å². The molecule has 0 spiro atoms. The minimum Gasteiger partial charge on any atom is -0.497 e. The average Bonchev–Trinajstić information content (AvgIpc) is 2.75. The number of rotatable bonds is 7. The van der Waals surface area contributed by atoms with Gasteiger partial charge in [-0.25, -0.2) is 0 Å². The van der Waals surface area contributed by atoms with Crippen molar-refractivity contribution in [3.8, 4) is 5.75 Å². The maximum absolute atomic E-state index is 12.7. The first kappa shape index (κ1) is 20.9. The van der Waals surface area contributed by atoms with Gasteiger partial charge in [0, 0.05) is 24.7 Å². The topological polar surface area (TPSA) is 70.7 Å². The maximum Gasteiger partial charge on any atom is 0.251 e. The van der Waals surface area contributed by atoms with Crippen molar-refractivity contribution in [1.29, 1.82) is 0 Å². The highest BCUT2D eigenvalue weighted by atomic mass is 16.5. The van der Waals surface area contributed by atoms with E-state index in [1.54, 1.807) is 31.4 Å². The van der Waals surface area contributed by atoms with Crippen LogP contribution in [-0.4, -0.2) is 43.5 Å². The predicted octanol–water partition coefficient (Wildman–Crippen LogP) is 3.61. The Balaban J connectivity index is 1.68. The summed E-state index contributed by atoms with van der Waals surface area (Å²) in [5, 5.41) is 5.79. The lowest BCUT2D eigenvalue weighted by atomic mass is 10.0. The first-order chi connectivity index (χ1) is 14.1. The van der Waals surface area contributed by atoms with Crippen LogP contribution < -0.4 is 15.4 Å². The molecule has 1 aliphatic heterocycles. The van der Waals surface area contributed by atoms with Crippen LogP contribution in [0.1, 0.15) is 48.1 Å². The lowest BCUT2D eigenvalue weighted by Gasteiger charge is -2.35. The summed E-state index contributed by atoms with van der Waals surface area (Å²) >= 11 is 0. The Kier molecular flexibility index (Phi) is 7.25. The van der Waals surface area contributed by atoms with Gasteiger partial charge in [0.25, 0.3) is 5.91 Å². The molecule has 1 heterocycles. The van der Waals surface area contributed by atoms with E-state index in [4.69, 9.17) is 4.74 Å². The first-order valence-corrected chi connectivity index (χ1v) is 10.1. The Morgan fingerprint density at radius 2 is 1.66 bits per heavy atom. The van der Waals surface area contributed by atoms with Gasteiger partial charge in [0.15, 0.2) is 0 Å². The number of carbonyl (C=O) groups excluding carboxylic acids is 2. The summed E-state index contributed by atoms with van der Waals surface area (Å²) in [4.78, 5) is 26.2. The standard InChI is InChI=1S/C23H29N3O3/c1-17(27)25-20-10-6-19(7-11-20)23(28)24-16-22(26-14-4-3-5-15-26)18-8-12-21(29-2)13-9-18/h6-13,22H,3-5,14-16H2,1-2H3,(H,24,28)(H,25,27). The van der Waals surface area contributed by atoms with Gasteiger partial charge in [-0.15, -0.1) is 0 Å². The lowest BCUT2D eigenvalue weighted by molar-refractivity contribution is -0.114. The number of anilines is 1. The van der Waals surface area contributed by atoms with E-state index in [9.17, 15) is 9.59 Å². The number of hydrogen-bond acceptors (Lipinski definition) is 4. The molecule has 2 aromatic carbocycles. The second kappa shape index (κ2) is 10.1. The first-order valence-electron chi connectivity index (χ1n) is 10.1. The lowest BCUT2D eigenvalue weighted by Crippen LogP contribution is -2.40. The molecule has 154 valence electrons. The van der Waals surface area contributed by atoms with Crippen LogP contribution in [0.3, 0.4) is 0 Å². The van der Waals surface area contributed by atoms with Crippen LogP contribution in [0.15, 0.2) is 48.5 Å². The zero-order valence-electron chi connectivity index (χ0n) is 17.1. The van der Waals surface area contributed by atoms with Gasteiger partial charge in [0.1, 0.15) is 5.75 Å². The molecular weight excluding hydrogens is 366 g/mol. The molecule has 0 saturated carbocycles. The van der Waals surface area contributed by atoms with Gasteiger partial charge in [-0.3, -0.25) is 14.5 Å². The van der Waals surface area contributed by atoms with Crippen molar-refractivity contribution < 1.29 is 14.3 Å². The molecule has 1 aliphatic rings. The van der Waals surface area contributed by atoms with Crippen LogP contribution >= 0.6 is 0 Å². The van der Waals surface area contributed by atoms with E-state index in [1.807, 2.05) is 12.1 Å². The zero-order valence-corrected chi connectivity index (χ0v) is 17.1. The Morgan fingerprint density at radius 3 is 2.24 bits per heavy atom. The number of likely N-dealkylation sites (tertiary alicyclic amines) is 1. The highest BCUT2D eigenvalue weighted by Crippen LogP contribution is 2.26. The second-order valence-corrected chi connectivity index (χ2v) is 7.35. The van der Waals surface area contributed by atoms with Gasteiger partial charge < -0.3 is 15.4 Å². The molecule has 3 rings (SSSR count). The molecule has 0 aromatic heterocycles. The molecular formula is C23H29N3O3. The third-order valence-electron chi connectivity index (χ3n) is 5.26. The molecule has 2 amide bonds. The van der Waals surface area contributed by atoms with E-state index in [1.165, 1.54) is 31.7 Å². The van der Waals surface area contributed by atoms with Crippen LogP contribution in [0.5, 0.6) is 5.75 Å². The number of methoxy groups -OCH3 is 1. The number of carbonyl (C=O) groups is 2. The van der Waals surface area contributed by atoms with E-state index in [0.29, 0.717) is 17.8 Å². The van der Waals surface area contributed by atoms with Crippen LogP contribution in [0, 0.1) is 0 Å². The molecule has 0 bridgehead atoms. The Morgan fingerprint density at radius 1 is 1.00 bits per heavy atom. The van der Waals surface area contributed by atoms with Crippen molar-refractivity contribution in [2.45, 2.75) is 32.2 Å². The normalized spacial score (nSPS) is 15.4. The number of amides is 2. The molecule has 1 unspecified atom stereocenters. The number of benzene rings is 2. The number of nitrogens with zero attached hydrogens (tertiary/aromatic N) is 1. The summed E-state index contributed by atoms with van der Waals surface area (Å²) in [5.41, 5.74) is 2.43. The van der Waals surface area contributed by atoms with Gasteiger partial charge >= 0.3 is 0 Å². The highest BCUT2D eigenvalue weighted by Gasteiger charge is 2.23. The van der Waals surface area contributed by atoms with E-state index < -0.39 is 0 Å². The van der Waals surface area contributed by atoms with Crippen LogP contribution in [0.4, 0.5) is 5.69 Å². The van der Waals surface area contributed by atoms with Crippen molar-refractivity contribution in [3.05, 3.63) is 59.7 Å². The maximum atomic E-state index is 12.7. The van der Waals surface area contributed by atoms with Gasteiger partial charge in [0.05, 0.1) is 13.2 Å². The Labute approximate surface area is 172 Å². The van der Waals surface area contributed by atoms with Crippen molar-refractivity contribution in [2.75, 3.05) is 32.1 Å². The fourth-order valence-electron chi connectivity index (χ4n) is 3.71. The molecule has 29 heavy (non-hydrogen) atoms. The Bertz CT molecular complexity index is 812. The highest BCUT2D eigenvalue weighted by molar-refractivity contribution is 5.95. The third kappa shape index (κ3) is 5.81. The summed E-state index contributed by atoms with van der Waals surface area (Å²) in [7, 11) is 1.66. The molecule has 0 radical (unpaired) electrons. The molecule has 2 aromatic rings. The van der Waals surface area contributed by atoms with Crippen molar-refractivity contribution in [1.82, 2.24) is 10.2 Å². The smallest absolute Gasteiger partial charge is 0.251 e. The summed E-state index contributed by atoms with van der Waals surface area (Å²) < 4.78 is 5.27. The predicted molar refractivity (Wildman–Crippen MR) is 114 cm³/mol. The van der Waals surface area contributed by atoms with Crippen molar-refractivity contribution in [2.24, 2.45) is 0 Å². The second-order valence-electron chi connectivity index (χ2n) is 7.35. The van der Waals surface area contributed by atoms with E-state index in [2.05, 4.69) is 27.7 Å². The molecule has 1 atom stereocenters. The summed E-state index contributed by atoms with van der Waals surface area (Å²) in [6.45, 7) is 4.08. The van der Waals surface area contributed by atoms with Gasteiger partial charge in [-0.2, -0.15) is 0 Å². The van der Waals surface area contributed by atoms with E-state index in [0.717, 1.165) is 18.8 Å². The van der Waals surface area contributed by atoms with Crippen LogP contribution in [0.25, 0.3) is 0 Å². The van der Waals surface area contributed by atoms with Crippen LogP contribution in [0.2, 0.25) is 0 Å². The molecule has 2 N–H and O–H groups in total. The van der Waals surface area contributed by atoms with Gasteiger partial charge in [-0.05, 0) is 67.9 Å². The summed E-state index contributed by atoms with van der Waals surface area (Å²) in [6.07, 6.45) is 3.63. The number of ether oxygens (including phenoxy) is 1. The number of piperidine rings is 1. The fourth-order valence-corrected chi connectivity index (χ4v) is 3.71. The fraction of sp³-hybridized carbons (Fsp3) is 0.391. The Hall–Kier alpha value is -2.86. The molecule has 6 nitrogen and oxygen atoms in total. The summed E-state index contributed by atoms with van der Waals surface area (Å²) in [5.74, 6) is 0.579. The zero-order chi connectivity index (χ0) is 20.6. The largest absolute Gasteiger partial charge is 0.497 e. The monoisotopic (exact) mass is 395 g/mol. The minimum atomic E-state index is -0.133. The quantitative estimate of drug-likeness (QED) is 0.751. The van der Waals surface area contributed by atoms with Crippen molar-refractivity contribution in [3.63, 3.8) is 0 Å². The SMILES string of the molecule is COc1ccc(C(CNC(=O)c2ccc(NC(C)=O)cc2)N2CCCCC2)cc1. The number of hydrogen-bond donors (Lipinski definition) is 2. The average molecular weight is 396 g/mol. The van der Waals surface area contributed by atoms with Gasteiger partial charge in [-0.1, -0.05) is 18.6 Å². The minimum absolute atomic E-state index is 0.116.